The van der Waals surface area contributed by atoms with Crippen LogP contribution in [-0.4, -0.2) is 49.4 Å². The topological polar surface area (TPSA) is 99.1 Å². The van der Waals surface area contributed by atoms with Crippen molar-refractivity contribution in [2.75, 3.05) is 26.4 Å². The van der Waals surface area contributed by atoms with Crippen molar-refractivity contribution in [2.45, 2.75) is 101 Å². The molecule has 0 aromatic carbocycles. The lowest BCUT2D eigenvalue weighted by Gasteiger charge is -2.23. The number of rotatable bonds is 14. The van der Waals surface area contributed by atoms with E-state index in [4.69, 9.17) is 19.3 Å². The van der Waals surface area contributed by atoms with Crippen LogP contribution >= 0.6 is 0 Å². The first-order chi connectivity index (χ1) is 14.7. The molecule has 0 atom stereocenters. The van der Waals surface area contributed by atoms with Gasteiger partial charge < -0.3 is 19.3 Å². The quantitative estimate of drug-likeness (QED) is 0.219. The fraction of sp³-hybridized carbons (Fsp3) is 0.880. The molecule has 0 aromatic heterocycles. The Labute approximate surface area is 195 Å². The Morgan fingerprint density at radius 1 is 0.625 bits per heavy atom. The lowest BCUT2D eigenvalue weighted by molar-refractivity contribution is -0.157. The maximum Gasteiger partial charge on any atom is 0.311 e. The van der Waals surface area contributed by atoms with Gasteiger partial charge in [-0.25, -0.2) is 0 Å². The van der Waals surface area contributed by atoms with E-state index in [1.54, 1.807) is 13.8 Å². The second-order valence-electron chi connectivity index (χ2n) is 9.95. The van der Waals surface area contributed by atoms with E-state index in [2.05, 4.69) is 6.92 Å². The largest absolute Gasteiger partial charge is 0.465 e. The minimum atomic E-state index is -0.637. The third-order valence-corrected chi connectivity index (χ3v) is 5.66. The first-order valence-electron chi connectivity index (χ1n) is 11.8. The second kappa shape index (κ2) is 16.1. The molecule has 0 spiro atoms. The Morgan fingerprint density at radius 2 is 1.00 bits per heavy atom. The normalized spacial score (nSPS) is 11.8. The van der Waals surface area contributed by atoms with Gasteiger partial charge in [0.25, 0.3) is 0 Å². The first kappa shape index (κ1) is 32.5. The molecule has 1 N–H and O–H groups in total. The number of aliphatic hydroxyl groups excluding tert-OH is 1. The summed E-state index contributed by atoms with van der Waals surface area (Å²) in [4.78, 5) is 34.8. The Hall–Kier alpha value is -1.63. The van der Waals surface area contributed by atoms with E-state index >= 15 is 0 Å². The summed E-state index contributed by atoms with van der Waals surface area (Å²) in [6.07, 6.45) is 4.76. The van der Waals surface area contributed by atoms with Crippen molar-refractivity contribution in [3.63, 3.8) is 0 Å². The van der Waals surface area contributed by atoms with Crippen LogP contribution in [0.1, 0.15) is 101 Å². The average molecular weight is 461 g/mol. The molecule has 0 bridgehead atoms. The van der Waals surface area contributed by atoms with E-state index in [1.165, 1.54) is 0 Å². The highest BCUT2D eigenvalue weighted by Crippen LogP contribution is 2.25. The van der Waals surface area contributed by atoms with Crippen LogP contribution in [0.2, 0.25) is 0 Å². The predicted octanol–water partition coefficient (Wildman–Crippen LogP) is 5.07. The van der Waals surface area contributed by atoms with Crippen molar-refractivity contribution in [3.8, 4) is 0 Å². The molecule has 0 saturated heterocycles. The van der Waals surface area contributed by atoms with Crippen LogP contribution < -0.4 is 0 Å². The van der Waals surface area contributed by atoms with Gasteiger partial charge in [-0.1, -0.05) is 27.2 Å². The van der Waals surface area contributed by atoms with E-state index < -0.39 is 10.8 Å². The lowest BCUT2D eigenvalue weighted by atomic mass is 9.88. The average Bonchev–Trinajstić information content (AvgIpc) is 2.75. The first-order valence-corrected chi connectivity index (χ1v) is 11.8. The predicted molar refractivity (Wildman–Crippen MR) is 126 cm³/mol. The number of unbranched alkanes of at least 4 members (excludes halogenated alkanes) is 1. The molecule has 0 heterocycles. The standard InChI is InChI=1S/C15H28O5.C10H20O2/c1-6-14(2,3)12(17)19-10-7-8-15(4,5)13(18)20-11-9-16;1-5-7-8-12-9(11)10(3,4)6-2/h16H,6-11H2,1-5H3;5-8H2,1-4H3. The van der Waals surface area contributed by atoms with Gasteiger partial charge in [0.2, 0.25) is 0 Å². The zero-order valence-electron chi connectivity index (χ0n) is 22.0. The molecule has 0 fully saturated rings. The van der Waals surface area contributed by atoms with E-state index in [-0.39, 0.29) is 36.5 Å². The van der Waals surface area contributed by atoms with Gasteiger partial charge in [-0.15, -0.1) is 0 Å². The van der Waals surface area contributed by atoms with E-state index in [1.807, 2.05) is 41.5 Å². The molecule has 0 aliphatic rings. The van der Waals surface area contributed by atoms with Crippen LogP contribution in [0.4, 0.5) is 0 Å². The van der Waals surface area contributed by atoms with Crippen LogP contribution in [0, 0.1) is 16.2 Å². The van der Waals surface area contributed by atoms with Crippen LogP contribution in [0.5, 0.6) is 0 Å². The van der Waals surface area contributed by atoms with Gasteiger partial charge in [0.1, 0.15) is 6.61 Å². The van der Waals surface area contributed by atoms with Gasteiger partial charge in [0, 0.05) is 0 Å². The molecule has 0 unspecified atom stereocenters. The lowest BCUT2D eigenvalue weighted by Crippen LogP contribution is -2.29. The van der Waals surface area contributed by atoms with Gasteiger partial charge in [0.15, 0.2) is 0 Å². The smallest absolute Gasteiger partial charge is 0.311 e. The number of ether oxygens (including phenoxy) is 3. The van der Waals surface area contributed by atoms with Gasteiger partial charge >= 0.3 is 17.9 Å². The summed E-state index contributed by atoms with van der Waals surface area (Å²) in [6, 6.07) is 0. The fourth-order valence-electron chi connectivity index (χ4n) is 2.10. The minimum absolute atomic E-state index is 0.0158. The summed E-state index contributed by atoms with van der Waals surface area (Å²) in [5.41, 5.74) is -1.41. The van der Waals surface area contributed by atoms with Gasteiger partial charge in [-0.2, -0.15) is 0 Å². The summed E-state index contributed by atoms with van der Waals surface area (Å²) in [5.74, 6) is -0.620. The van der Waals surface area contributed by atoms with Gasteiger partial charge in [-0.05, 0) is 73.6 Å². The zero-order valence-corrected chi connectivity index (χ0v) is 22.0. The number of esters is 3. The number of aliphatic hydroxyl groups is 1. The van der Waals surface area contributed by atoms with Crippen molar-refractivity contribution in [1.82, 2.24) is 0 Å². The minimum Gasteiger partial charge on any atom is -0.465 e. The molecule has 0 aromatic rings. The number of carbonyl (C=O) groups is 3. The Bertz CT molecular complexity index is 550. The van der Waals surface area contributed by atoms with E-state index in [9.17, 15) is 14.4 Å². The maximum atomic E-state index is 11.8. The van der Waals surface area contributed by atoms with Crippen LogP contribution in [0.25, 0.3) is 0 Å². The zero-order chi connectivity index (χ0) is 25.4. The highest BCUT2D eigenvalue weighted by Gasteiger charge is 2.30. The van der Waals surface area contributed by atoms with E-state index in [0.29, 0.717) is 26.1 Å². The molecule has 0 radical (unpaired) electrons. The number of carbonyl (C=O) groups excluding carboxylic acids is 3. The van der Waals surface area contributed by atoms with Crippen molar-refractivity contribution < 1.29 is 33.7 Å². The van der Waals surface area contributed by atoms with E-state index in [0.717, 1.165) is 25.7 Å². The summed E-state index contributed by atoms with van der Waals surface area (Å²) in [6.45, 7) is 17.8. The van der Waals surface area contributed by atoms with Gasteiger partial charge in [-0.3, -0.25) is 14.4 Å². The summed E-state index contributed by atoms with van der Waals surface area (Å²) in [5, 5.41) is 8.62. The Morgan fingerprint density at radius 3 is 1.38 bits per heavy atom. The molecule has 0 saturated carbocycles. The summed E-state index contributed by atoms with van der Waals surface area (Å²) in [7, 11) is 0. The molecule has 0 aliphatic carbocycles. The highest BCUT2D eigenvalue weighted by molar-refractivity contribution is 5.76. The van der Waals surface area contributed by atoms with Crippen LogP contribution in [0.15, 0.2) is 0 Å². The Balaban J connectivity index is 0. The second-order valence-corrected chi connectivity index (χ2v) is 9.95. The summed E-state index contributed by atoms with van der Waals surface area (Å²) < 4.78 is 15.2. The fourth-order valence-corrected chi connectivity index (χ4v) is 2.10. The molecule has 32 heavy (non-hydrogen) atoms. The van der Waals surface area contributed by atoms with Gasteiger partial charge in [0.05, 0.1) is 36.1 Å². The molecule has 7 nitrogen and oxygen atoms in total. The molecule has 0 rings (SSSR count). The monoisotopic (exact) mass is 460 g/mol. The molecular formula is C25H48O7. The van der Waals surface area contributed by atoms with Crippen molar-refractivity contribution in [3.05, 3.63) is 0 Å². The Kier molecular flexibility index (Phi) is 16.3. The molecule has 190 valence electrons. The third-order valence-electron chi connectivity index (χ3n) is 5.66. The molecule has 0 amide bonds. The highest BCUT2D eigenvalue weighted by atomic mass is 16.5. The third kappa shape index (κ3) is 13.7. The number of hydrogen-bond donors (Lipinski definition) is 1. The van der Waals surface area contributed by atoms with Crippen LogP contribution in [-0.2, 0) is 28.6 Å². The molecule has 7 heteroatoms. The van der Waals surface area contributed by atoms with Crippen molar-refractivity contribution >= 4 is 17.9 Å². The SMILES string of the molecule is CCC(C)(C)C(=O)OCCCC(C)(C)C(=O)OCCO.CCCCOC(=O)C(C)(C)CC. The summed E-state index contributed by atoms with van der Waals surface area (Å²) >= 11 is 0. The van der Waals surface area contributed by atoms with Crippen molar-refractivity contribution in [1.29, 1.82) is 0 Å². The van der Waals surface area contributed by atoms with Crippen LogP contribution in [0.3, 0.4) is 0 Å². The molecule has 0 aliphatic heterocycles. The number of hydrogen-bond acceptors (Lipinski definition) is 7. The molecular weight excluding hydrogens is 412 g/mol. The van der Waals surface area contributed by atoms with Crippen molar-refractivity contribution in [2.24, 2.45) is 16.2 Å². The maximum absolute atomic E-state index is 11.8.